The standard InChI is InChI=1S/C9H9F3.3C5H12.C4H10.C3H8O.2C2H6.3CH5N.8CH2O.5H3N/c1-2-7-3-5-8(6-4-7)9(10,11)12;3*1-4-5(2)3;1-4(2)3;1-3(2)4;13*1-2;;;;;/h3-6H,2H2,1H3;3*5H,4H2,1-3H3;4H,1-3H3;3-4H,1-2H3;2*1-2H3;3*2H2,1H3;8*1H2;5*1H3. The van der Waals surface area contributed by atoms with E-state index in [1.807, 2.05) is 88.9 Å². The molecule has 0 aliphatic carbocycles. The first-order valence-electron chi connectivity index (χ1n) is 19.7. The summed E-state index contributed by atoms with van der Waals surface area (Å²) in [5, 5.41) is 8.06. The van der Waals surface area contributed by atoms with E-state index in [-0.39, 0.29) is 36.9 Å². The van der Waals surface area contributed by atoms with Crippen LogP contribution in [0.25, 0.3) is 0 Å². The fourth-order valence-electron chi connectivity index (χ4n) is 0.929. The Morgan fingerprint density at radius 3 is 0.591 bits per heavy atom. The number of benzene rings is 1. The first-order chi connectivity index (χ1) is 28.8. The lowest BCUT2D eigenvalue weighted by molar-refractivity contribution is -0.137. The summed E-state index contributed by atoms with van der Waals surface area (Å²) in [5.41, 5.74) is 13.8. The van der Waals surface area contributed by atoms with Crippen molar-refractivity contribution >= 4 is 54.3 Å². The molecule has 20 heteroatoms. The van der Waals surface area contributed by atoms with Crippen LogP contribution in [0.5, 0.6) is 0 Å². The Hall–Kier alpha value is -3.99. The third-order valence-corrected chi connectivity index (χ3v) is 4.14. The second kappa shape index (κ2) is 228. The molecule has 0 radical (unpaired) electrons. The number of aliphatic hydroxyl groups excluding tert-OH is 1. The maximum atomic E-state index is 12.0. The van der Waals surface area contributed by atoms with E-state index in [2.05, 4.69) is 100 Å². The molecule has 0 bridgehead atoms. The Bertz CT molecular complexity index is 612. The van der Waals surface area contributed by atoms with Gasteiger partial charge in [-0.05, 0) is 82.8 Å². The largest absolute Gasteiger partial charge is 0.416 e. The number of alkyl halides is 3. The van der Waals surface area contributed by atoms with Crippen molar-refractivity contribution in [3.8, 4) is 0 Å². The monoisotopic (exact) mass is 987 g/mol. The van der Waals surface area contributed by atoms with Crippen LogP contribution in [0.2, 0.25) is 0 Å². The fourth-order valence-corrected chi connectivity index (χ4v) is 0.929. The van der Waals surface area contributed by atoms with E-state index in [1.165, 1.54) is 52.5 Å². The molecule has 1 aromatic carbocycles. The van der Waals surface area contributed by atoms with E-state index in [4.69, 9.17) is 43.5 Å². The van der Waals surface area contributed by atoms with Crippen LogP contribution in [0, 0.1) is 23.7 Å². The molecule has 17 nitrogen and oxygen atoms in total. The summed E-state index contributed by atoms with van der Waals surface area (Å²) >= 11 is 0. The smallest absolute Gasteiger partial charge is 0.394 e. The molecule has 420 valence electrons. The van der Waals surface area contributed by atoms with Crippen LogP contribution in [-0.2, 0) is 51.0 Å². The van der Waals surface area contributed by atoms with Gasteiger partial charge in [-0.3, -0.25) is 0 Å². The van der Waals surface area contributed by atoms with E-state index in [0.29, 0.717) is 0 Å². The topological polar surface area (TPSA) is 410 Å². The van der Waals surface area contributed by atoms with Crippen LogP contribution in [-0.4, -0.2) is 86.7 Å². The first-order valence-corrected chi connectivity index (χ1v) is 19.7. The zero-order valence-electron chi connectivity index (χ0n) is 47.3. The maximum Gasteiger partial charge on any atom is 0.416 e. The molecule has 0 aliphatic heterocycles. The molecule has 0 saturated heterocycles. The number of halogens is 3. The molecule has 0 saturated carbocycles. The molecule has 1 rings (SSSR count). The first kappa shape index (κ1) is 152. The van der Waals surface area contributed by atoms with Gasteiger partial charge in [0.05, 0.1) is 5.56 Å². The summed E-state index contributed by atoms with van der Waals surface area (Å²) in [6.45, 7) is 55.8. The van der Waals surface area contributed by atoms with E-state index in [0.717, 1.165) is 47.8 Å². The molecule has 0 fully saturated rings. The Labute approximate surface area is 407 Å². The molecule has 0 atom stereocenters. The van der Waals surface area contributed by atoms with Crippen molar-refractivity contribution < 1.29 is 56.6 Å². The predicted molar refractivity (Wildman–Crippen MR) is 289 cm³/mol. The average Bonchev–Trinajstić information content (AvgIpc) is 3.32. The highest BCUT2D eigenvalue weighted by Crippen LogP contribution is 2.29. The van der Waals surface area contributed by atoms with Crippen molar-refractivity contribution in [1.82, 2.24) is 30.8 Å². The van der Waals surface area contributed by atoms with Gasteiger partial charge >= 0.3 is 6.18 Å². The lowest BCUT2D eigenvalue weighted by Crippen LogP contribution is -2.04. The zero-order valence-corrected chi connectivity index (χ0v) is 47.3. The number of rotatable bonds is 4. The van der Waals surface area contributed by atoms with Crippen LogP contribution in [0.15, 0.2) is 24.3 Å². The molecular formula is C46H121F3N8O9. The van der Waals surface area contributed by atoms with Gasteiger partial charge < -0.3 is 91.4 Å². The number of hydrogen-bond acceptors (Lipinski definition) is 17. The molecule has 0 aromatic heterocycles. The second-order valence-electron chi connectivity index (χ2n) is 10.8. The Morgan fingerprint density at radius 2 is 0.530 bits per heavy atom. The summed E-state index contributed by atoms with van der Waals surface area (Å²) in [4.78, 5) is 64.0. The van der Waals surface area contributed by atoms with Crippen molar-refractivity contribution in [2.45, 2.75) is 170 Å². The van der Waals surface area contributed by atoms with E-state index in [1.54, 1.807) is 13.8 Å². The van der Waals surface area contributed by atoms with Crippen molar-refractivity contribution in [1.29, 1.82) is 0 Å². The van der Waals surface area contributed by atoms with E-state index in [9.17, 15) is 13.2 Å². The van der Waals surface area contributed by atoms with Crippen molar-refractivity contribution in [3.63, 3.8) is 0 Å². The normalized spacial score (nSPS) is 6.33. The number of aryl methyl sites for hydroxylation is 1. The van der Waals surface area contributed by atoms with Gasteiger partial charge in [-0.15, -0.1) is 0 Å². The van der Waals surface area contributed by atoms with Gasteiger partial charge in [0.2, 0.25) is 0 Å². The fraction of sp³-hybridized carbons (Fsp3) is 0.696. The molecular weight excluding hydrogens is 866 g/mol. The van der Waals surface area contributed by atoms with Gasteiger partial charge in [-0.1, -0.05) is 149 Å². The van der Waals surface area contributed by atoms with Crippen LogP contribution in [0.3, 0.4) is 0 Å². The van der Waals surface area contributed by atoms with Gasteiger partial charge in [0, 0.05) is 6.10 Å². The minimum absolute atomic E-state index is 0. The highest BCUT2D eigenvalue weighted by molar-refractivity contribution is 5.24. The van der Waals surface area contributed by atoms with Crippen LogP contribution in [0.1, 0.15) is 162 Å². The zero-order chi connectivity index (χ0) is 55.2. The van der Waals surface area contributed by atoms with Crippen molar-refractivity contribution in [3.05, 3.63) is 35.4 Å². The third-order valence-electron chi connectivity index (χ3n) is 4.14. The number of carbonyl (C=O) groups is 8. The molecule has 0 amide bonds. The molecule has 0 aliphatic rings. The molecule has 0 heterocycles. The minimum Gasteiger partial charge on any atom is -0.394 e. The number of nitrogens with two attached hydrogens (primary N) is 3. The van der Waals surface area contributed by atoms with E-state index >= 15 is 0 Å². The predicted octanol–water partition coefficient (Wildman–Crippen LogP) is 11.6. The highest BCUT2D eigenvalue weighted by Gasteiger charge is 2.29. The lowest BCUT2D eigenvalue weighted by atomic mass is 10.1. The Balaban J connectivity index is -0.0000000147. The maximum absolute atomic E-state index is 12.0. The number of hydrogen-bond donors (Lipinski definition) is 9. The summed E-state index contributed by atoms with van der Waals surface area (Å²) in [7, 11) is 4.50. The molecule has 66 heavy (non-hydrogen) atoms. The van der Waals surface area contributed by atoms with Gasteiger partial charge in [0.15, 0.2) is 0 Å². The third kappa shape index (κ3) is 522. The van der Waals surface area contributed by atoms with Gasteiger partial charge in [-0.2, -0.15) is 13.2 Å². The summed E-state index contributed by atoms with van der Waals surface area (Å²) in [5.74, 6) is 3.49. The van der Waals surface area contributed by atoms with Crippen LogP contribution in [0.4, 0.5) is 13.2 Å². The van der Waals surface area contributed by atoms with Gasteiger partial charge in [0.1, 0.15) is 54.3 Å². The molecule has 0 unspecified atom stereocenters. The van der Waals surface area contributed by atoms with Gasteiger partial charge in [-0.25, -0.2) is 0 Å². The van der Waals surface area contributed by atoms with Crippen LogP contribution >= 0.6 is 0 Å². The van der Waals surface area contributed by atoms with Crippen molar-refractivity contribution in [2.75, 3.05) is 21.1 Å². The Morgan fingerprint density at radius 1 is 0.424 bits per heavy atom. The quantitative estimate of drug-likeness (QED) is 0.135. The van der Waals surface area contributed by atoms with E-state index < -0.39 is 11.7 Å². The summed E-state index contributed by atoms with van der Waals surface area (Å²) in [6, 6.07) is 5.23. The van der Waals surface area contributed by atoms with Crippen LogP contribution < -0.4 is 48.0 Å². The van der Waals surface area contributed by atoms with Gasteiger partial charge in [0.25, 0.3) is 0 Å². The molecule has 0 spiro atoms. The highest BCUT2D eigenvalue weighted by atomic mass is 19.4. The summed E-state index contributed by atoms with van der Waals surface area (Å²) in [6.07, 6.45) is 0.296. The number of aliphatic hydroxyl groups is 1. The second-order valence-corrected chi connectivity index (χ2v) is 10.8. The molecule has 1 aromatic rings. The number of carbonyl (C=O) groups excluding carboxylic acids is 8. The Kier molecular flexibility index (Phi) is 525. The average molecular weight is 988 g/mol. The lowest BCUT2D eigenvalue weighted by Gasteiger charge is -2.06. The minimum atomic E-state index is -4.22. The molecule has 22 N–H and O–H groups in total. The summed E-state index contributed by atoms with van der Waals surface area (Å²) < 4.78 is 36.1. The van der Waals surface area contributed by atoms with Crippen molar-refractivity contribution in [2.24, 2.45) is 40.9 Å². The SMILES string of the molecule is C=O.C=O.C=O.C=O.C=O.C=O.C=O.C=O.CC.CC.CC(C)C.CC(C)O.CCC(C)C.CCC(C)C.CCC(C)C.CCc1ccc(C(F)(F)F)cc1.CN.CN.CN.N.N.N.N.N.